The van der Waals surface area contributed by atoms with Crippen molar-refractivity contribution in [3.8, 4) is 0 Å². The average molecular weight is 271 g/mol. The molecule has 112 valence electrons. The van der Waals surface area contributed by atoms with E-state index >= 15 is 0 Å². The van der Waals surface area contributed by atoms with Crippen molar-refractivity contribution in [1.29, 1.82) is 0 Å². The van der Waals surface area contributed by atoms with E-state index in [0.29, 0.717) is 13.1 Å². The zero-order valence-electron chi connectivity index (χ0n) is 12.6. The lowest BCUT2D eigenvalue weighted by Gasteiger charge is -2.25. The van der Waals surface area contributed by atoms with Crippen LogP contribution in [0.15, 0.2) is 0 Å². The fourth-order valence-electron chi connectivity index (χ4n) is 2.54. The van der Waals surface area contributed by atoms with Gasteiger partial charge >= 0.3 is 0 Å². The smallest absolute Gasteiger partial charge is 0.239 e. The number of carbonyl (C=O) groups is 1. The number of aliphatic hydroxyl groups is 1. The summed E-state index contributed by atoms with van der Waals surface area (Å²) >= 11 is 0. The third kappa shape index (κ3) is 5.47. The van der Waals surface area contributed by atoms with Crippen molar-refractivity contribution in [2.75, 3.05) is 39.3 Å². The van der Waals surface area contributed by atoms with Gasteiger partial charge in [0.1, 0.15) is 0 Å². The normalized spacial score (nSPS) is 19.4. The van der Waals surface area contributed by atoms with Gasteiger partial charge in [0.25, 0.3) is 0 Å². The zero-order chi connectivity index (χ0) is 14.3. The van der Waals surface area contributed by atoms with E-state index in [9.17, 15) is 9.90 Å². The van der Waals surface area contributed by atoms with Crippen LogP contribution in [-0.4, -0.2) is 72.2 Å². The summed E-state index contributed by atoms with van der Waals surface area (Å²) in [7, 11) is 0. The summed E-state index contributed by atoms with van der Waals surface area (Å²) in [5.41, 5.74) is 0. The molecule has 5 heteroatoms. The lowest BCUT2D eigenvalue weighted by molar-refractivity contribution is -0.132. The third-order valence-electron chi connectivity index (χ3n) is 3.77. The van der Waals surface area contributed by atoms with E-state index in [-0.39, 0.29) is 11.9 Å². The molecule has 0 aromatic carbocycles. The van der Waals surface area contributed by atoms with Crippen LogP contribution in [0.2, 0.25) is 0 Å². The zero-order valence-corrected chi connectivity index (χ0v) is 12.6. The molecular weight excluding hydrogens is 242 g/mol. The van der Waals surface area contributed by atoms with Crippen molar-refractivity contribution in [1.82, 2.24) is 15.1 Å². The highest BCUT2D eigenvalue weighted by molar-refractivity contribution is 5.81. The Morgan fingerprint density at radius 2 is 1.89 bits per heavy atom. The number of amides is 1. The lowest BCUT2D eigenvalue weighted by Crippen LogP contribution is -2.48. The Morgan fingerprint density at radius 3 is 2.42 bits per heavy atom. The quantitative estimate of drug-likeness (QED) is 0.666. The summed E-state index contributed by atoms with van der Waals surface area (Å²) in [5, 5.41) is 13.1. The Labute approximate surface area is 117 Å². The number of hydrogen-bond acceptors (Lipinski definition) is 4. The van der Waals surface area contributed by atoms with Gasteiger partial charge in [-0.3, -0.25) is 4.79 Å². The fraction of sp³-hybridized carbons (Fsp3) is 0.929. The third-order valence-corrected chi connectivity index (χ3v) is 3.77. The highest BCUT2D eigenvalue weighted by Crippen LogP contribution is 2.07. The number of β-amino-alcohol motifs (C(OH)–C–C–N with tert-alkyl or cyclic N) is 1. The van der Waals surface area contributed by atoms with E-state index in [0.717, 1.165) is 26.2 Å². The van der Waals surface area contributed by atoms with E-state index in [4.69, 9.17) is 0 Å². The van der Waals surface area contributed by atoms with Gasteiger partial charge in [-0.05, 0) is 46.7 Å². The molecule has 1 aliphatic rings. The number of nitrogens with zero attached hydrogens (tertiary/aromatic N) is 2. The Balaban J connectivity index is 2.24. The van der Waals surface area contributed by atoms with Crippen LogP contribution in [0, 0.1) is 0 Å². The lowest BCUT2D eigenvalue weighted by atomic mass is 10.2. The molecule has 0 saturated carbocycles. The van der Waals surface area contributed by atoms with Crippen molar-refractivity contribution in [2.45, 2.75) is 45.8 Å². The molecule has 2 N–H and O–H groups in total. The Bertz CT molecular complexity index is 263. The number of aliphatic hydroxyl groups excluding tert-OH is 1. The molecule has 0 radical (unpaired) electrons. The van der Waals surface area contributed by atoms with Gasteiger partial charge in [-0.2, -0.15) is 0 Å². The summed E-state index contributed by atoms with van der Waals surface area (Å²) in [5.74, 6) is 0.110. The van der Waals surface area contributed by atoms with Crippen LogP contribution in [0.5, 0.6) is 0 Å². The molecule has 1 amide bonds. The number of nitrogens with one attached hydrogen (secondary N) is 1. The van der Waals surface area contributed by atoms with Crippen LogP contribution >= 0.6 is 0 Å². The maximum atomic E-state index is 12.0. The van der Waals surface area contributed by atoms with Crippen molar-refractivity contribution >= 4 is 5.91 Å². The van der Waals surface area contributed by atoms with E-state index in [1.165, 1.54) is 12.8 Å². The standard InChI is InChI=1S/C14H29N3O2/c1-4-17(5-2)14(19)12(3)15-10-13(18)11-16-8-6-7-9-16/h12-13,15,18H,4-11H2,1-3H3. The van der Waals surface area contributed by atoms with Gasteiger partial charge in [0.2, 0.25) is 5.91 Å². The predicted molar refractivity (Wildman–Crippen MR) is 77.1 cm³/mol. The molecular formula is C14H29N3O2. The molecule has 0 spiro atoms. The molecule has 0 bridgehead atoms. The number of hydrogen-bond donors (Lipinski definition) is 2. The first-order chi connectivity index (χ1) is 9.08. The first kappa shape index (κ1) is 16.4. The van der Waals surface area contributed by atoms with Crippen LogP contribution < -0.4 is 5.32 Å². The van der Waals surface area contributed by atoms with Crippen molar-refractivity contribution in [3.63, 3.8) is 0 Å². The topological polar surface area (TPSA) is 55.8 Å². The highest BCUT2D eigenvalue weighted by atomic mass is 16.3. The van der Waals surface area contributed by atoms with Crippen LogP contribution in [0.1, 0.15) is 33.6 Å². The summed E-state index contributed by atoms with van der Waals surface area (Å²) < 4.78 is 0. The average Bonchev–Trinajstić information content (AvgIpc) is 2.90. The molecule has 0 aliphatic carbocycles. The van der Waals surface area contributed by atoms with Crippen LogP contribution in [0.4, 0.5) is 0 Å². The van der Waals surface area contributed by atoms with Crippen molar-refractivity contribution in [2.24, 2.45) is 0 Å². The number of likely N-dealkylation sites (N-methyl/N-ethyl adjacent to an activating group) is 1. The fourth-order valence-corrected chi connectivity index (χ4v) is 2.54. The van der Waals surface area contributed by atoms with Gasteiger partial charge in [0, 0.05) is 26.2 Å². The molecule has 1 aliphatic heterocycles. The van der Waals surface area contributed by atoms with Crippen LogP contribution in [-0.2, 0) is 4.79 Å². The second-order valence-electron chi connectivity index (χ2n) is 5.30. The minimum atomic E-state index is -0.398. The van der Waals surface area contributed by atoms with Gasteiger partial charge in [0.15, 0.2) is 0 Å². The van der Waals surface area contributed by atoms with Crippen LogP contribution in [0.25, 0.3) is 0 Å². The first-order valence-electron chi connectivity index (χ1n) is 7.51. The maximum absolute atomic E-state index is 12.0. The largest absolute Gasteiger partial charge is 0.390 e. The number of carbonyl (C=O) groups excluding carboxylic acids is 1. The van der Waals surface area contributed by atoms with Gasteiger partial charge in [-0.15, -0.1) is 0 Å². The van der Waals surface area contributed by atoms with Crippen molar-refractivity contribution < 1.29 is 9.90 Å². The van der Waals surface area contributed by atoms with E-state index in [1.54, 1.807) is 0 Å². The number of rotatable bonds is 8. The van der Waals surface area contributed by atoms with Gasteiger partial charge in [-0.1, -0.05) is 0 Å². The predicted octanol–water partition coefficient (Wildman–Crippen LogP) is 0.290. The SMILES string of the molecule is CCN(CC)C(=O)C(C)NCC(O)CN1CCCC1. The monoisotopic (exact) mass is 271 g/mol. The molecule has 0 aromatic rings. The molecule has 1 fully saturated rings. The Kier molecular flexibility index (Phi) is 7.34. The van der Waals surface area contributed by atoms with Gasteiger partial charge in [-0.25, -0.2) is 0 Å². The maximum Gasteiger partial charge on any atom is 0.239 e. The second kappa shape index (κ2) is 8.51. The molecule has 2 atom stereocenters. The molecule has 5 nitrogen and oxygen atoms in total. The highest BCUT2D eigenvalue weighted by Gasteiger charge is 2.20. The Hall–Kier alpha value is -0.650. The summed E-state index contributed by atoms with van der Waals surface area (Å²) in [4.78, 5) is 16.1. The number of likely N-dealkylation sites (tertiary alicyclic amines) is 1. The summed E-state index contributed by atoms with van der Waals surface area (Å²) in [6.45, 7) is 10.7. The molecule has 1 rings (SSSR count). The first-order valence-corrected chi connectivity index (χ1v) is 7.51. The van der Waals surface area contributed by atoms with E-state index < -0.39 is 6.10 Å². The molecule has 19 heavy (non-hydrogen) atoms. The van der Waals surface area contributed by atoms with Gasteiger partial charge in [0.05, 0.1) is 12.1 Å². The second-order valence-corrected chi connectivity index (χ2v) is 5.30. The molecule has 1 heterocycles. The summed E-state index contributed by atoms with van der Waals surface area (Å²) in [6, 6.07) is -0.229. The van der Waals surface area contributed by atoms with Crippen molar-refractivity contribution in [3.05, 3.63) is 0 Å². The molecule has 2 unspecified atom stereocenters. The minimum Gasteiger partial charge on any atom is -0.390 e. The van der Waals surface area contributed by atoms with Gasteiger partial charge < -0.3 is 20.2 Å². The molecule has 1 saturated heterocycles. The van der Waals surface area contributed by atoms with E-state index in [2.05, 4.69) is 10.2 Å². The van der Waals surface area contributed by atoms with Crippen LogP contribution in [0.3, 0.4) is 0 Å². The molecule has 0 aromatic heterocycles. The van der Waals surface area contributed by atoms with E-state index in [1.807, 2.05) is 25.7 Å². The Morgan fingerprint density at radius 1 is 1.32 bits per heavy atom. The summed E-state index contributed by atoms with van der Waals surface area (Å²) in [6.07, 6.45) is 2.07. The minimum absolute atomic E-state index is 0.110.